The minimum atomic E-state index is -0.743. The summed E-state index contributed by atoms with van der Waals surface area (Å²) >= 11 is 18.5. The van der Waals surface area contributed by atoms with Crippen molar-refractivity contribution in [1.29, 1.82) is 0 Å². The number of carbonyl (C=O) groups excluding carboxylic acids is 2. The molecule has 1 fully saturated rings. The van der Waals surface area contributed by atoms with E-state index in [1.807, 2.05) is 30.3 Å². The Labute approximate surface area is 232 Å². The standard InChI is InChI=1S/C29H29Cl3N2O3/c30-22-9-6-12-24(17-22)37-19-28(35)34(18-21-13-14-25(31)26(32)15-21)27(16-20-7-2-1-3-8-20)29(36)33-23-10-4-5-11-23/h1-3,6-9,12-15,17,23,27H,4-5,10-11,16,18-19H2,(H,33,36)/t27-/m1/s1. The van der Waals surface area contributed by atoms with Crippen molar-refractivity contribution in [1.82, 2.24) is 10.2 Å². The second-order valence-corrected chi connectivity index (χ2v) is 10.5. The molecular weight excluding hydrogens is 531 g/mol. The van der Waals surface area contributed by atoms with Crippen LogP contribution in [0.4, 0.5) is 0 Å². The van der Waals surface area contributed by atoms with E-state index in [-0.39, 0.29) is 31.0 Å². The summed E-state index contributed by atoms with van der Waals surface area (Å²) in [6.07, 6.45) is 4.44. The molecule has 0 aliphatic heterocycles. The molecule has 0 aromatic heterocycles. The second-order valence-electron chi connectivity index (χ2n) is 9.21. The Hall–Kier alpha value is -2.73. The van der Waals surface area contributed by atoms with Crippen LogP contribution in [0.5, 0.6) is 5.75 Å². The van der Waals surface area contributed by atoms with Crippen molar-refractivity contribution in [3.8, 4) is 5.75 Å². The Morgan fingerprint density at radius 1 is 0.892 bits per heavy atom. The highest BCUT2D eigenvalue weighted by Gasteiger charge is 2.32. The minimum absolute atomic E-state index is 0.121. The van der Waals surface area contributed by atoms with Gasteiger partial charge in [-0.3, -0.25) is 9.59 Å². The normalized spacial score (nSPS) is 14.2. The van der Waals surface area contributed by atoms with Crippen LogP contribution in [0.15, 0.2) is 72.8 Å². The molecule has 194 valence electrons. The van der Waals surface area contributed by atoms with Crippen LogP contribution in [0.25, 0.3) is 0 Å². The van der Waals surface area contributed by atoms with Crippen molar-refractivity contribution in [3.63, 3.8) is 0 Å². The molecule has 0 radical (unpaired) electrons. The lowest BCUT2D eigenvalue weighted by molar-refractivity contribution is -0.143. The Balaban J connectivity index is 1.62. The fraction of sp³-hybridized carbons (Fsp3) is 0.310. The molecule has 0 saturated heterocycles. The fourth-order valence-electron chi connectivity index (χ4n) is 4.54. The number of nitrogens with zero attached hydrogens (tertiary/aromatic N) is 1. The number of benzene rings is 3. The van der Waals surface area contributed by atoms with Crippen LogP contribution in [0.3, 0.4) is 0 Å². The largest absolute Gasteiger partial charge is 0.484 e. The molecule has 1 saturated carbocycles. The summed E-state index contributed by atoms with van der Waals surface area (Å²) in [5, 5.41) is 4.50. The fourth-order valence-corrected chi connectivity index (χ4v) is 5.04. The lowest BCUT2D eigenvalue weighted by Crippen LogP contribution is -2.53. The van der Waals surface area contributed by atoms with Gasteiger partial charge >= 0.3 is 0 Å². The van der Waals surface area contributed by atoms with E-state index in [1.54, 1.807) is 47.4 Å². The third-order valence-corrected chi connectivity index (χ3v) is 7.44. The number of amides is 2. The zero-order chi connectivity index (χ0) is 26.2. The van der Waals surface area contributed by atoms with E-state index in [2.05, 4.69) is 5.32 Å². The smallest absolute Gasteiger partial charge is 0.261 e. The van der Waals surface area contributed by atoms with Gasteiger partial charge in [0.15, 0.2) is 6.61 Å². The Morgan fingerprint density at radius 3 is 2.35 bits per heavy atom. The van der Waals surface area contributed by atoms with Gasteiger partial charge < -0.3 is 15.0 Å². The summed E-state index contributed by atoms with van der Waals surface area (Å²) < 4.78 is 5.77. The molecule has 3 aromatic carbocycles. The van der Waals surface area contributed by atoms with Gasteiger partial charge in [-0.15, -0.1) is 0 Å². The number of halogens is 3. The SMILES string of the molecule is O=C(NC1CCCC1)[C@@H](Cc1ccccc1)N(Cc1ccc(Cl)c(Cl)c1)C(=O)COc1cccc(Cl)c1. The van der Waals surface area contributed by atoms with Gasteiger partial charge in [-0.1, -0.05) is 90.1 Å². The summed E-state index contributed by atoms with van der Waals surface area (Å²) in [6.45, 7) is -0.0755. The molecule has 1 atom stereocenters. The molecule has 0 bridgehead atoms. The average Bonchev–Trinajstić information content (AvgIpc) is 3.40. The van der Waals surface area contributed by atoms with Gasteiger partial charge in [-0.25, -0.2) is 0 Å². The molecule has 0 spiro atoms. The van der Waals surface area contributed by atoms with Gasteiger partial charge in [0.25, 0.3) is 5.91 Å². The number of ether oxygens (including phenoxy) is 1. The molecule has 0 heterocycles. The lowest BCUT2D eigenvalue weighted by atomic mass is 10.0. The van der Waals surface area contributed by atoms with Crippen LogP contribution in [0, 0.1) is 0 Å². The maximum Gasteiger partial charge on any atom is 0.261 e. The van der Waals surface area contributed by atoms with Crippen LogP contribution < -0.4 is 10.1 Å². The zero-order valence-corrected chi connectivity index (χ0v) is 22.6. The van der Waals surface area contributed by atoms with Gasteiger partial charge in [0.05, 0.1) is 10.0 Å². The minimum Gasteiger partial charge on any atom is -0.484 e. The predicted molar refractivity (Wildman–Crippen MR) is 148 cm³/mol. The highest BCUT2D eigenvalue weighted by atomic mass is 35.5. The number of carbonyl (C=O) groups is 2. The molecule has 2 amide bonds. The third kappa shape index (κ3) is 7.88. The van der Waals surface area contributed by atoms with Gasteiger partial charge in [-0.2, -0.15) is 0 Å². The molecule has 1 aliphatic rings. The summed E-state index contributed by atoms with van der Waals surface area (Å²) in [6, 6.07) is 21.1. The molecule has 0 unspecified atom stereocenters. The Kier molecular flexibility index (Phi) is 9.73. The first-order valence-corrected chi connectivity index (χ1v) is 13.5. The molecule has 3 aromatic rings. The van der Waals surface area contributed by atoms with Gasteiger partial charge in [-0.05, 0) is 54.3 Å². The van der Waals surface area contributed by atoms with E-state index in [4.69, 9.17) is 39.5 Å². The van der Waals surface area contributed by atoms with Crippen LogP contribution in [-0.4, -0.2) is 35.4 Å². The number of hydrogen-bond donors (Lipinski definition) is 1. The summed E-state index contributed by atoms with van der Waals surface area (Å²) in [5.74, 6) is -0.0224. The molecule has 8 heteroatoms. The van der Waals surface area contributed by atoms with Crippen molar-refractivity contribution in [2.75, 3.05) is 6.61 Å². The monoisotopic (exact) mass is 558 g/mol. The van der Waals surface area contributed by atoms with Crippen LogP contribution in [0.2, 0.25) is 15.1 Å². The van der Waals surface area contributed by atoms with Gasteiger partial charge in [0.2, 0.25) is 5.91 Å². The van der Waals surface area contributed by atoms with Crippen molar-refractivity contribution >= 4 is 46.6 Å². The Morgan fingerprint density at radius 2 is 1.65 bits per heavy atom. The number of hydrogen-bond acceptors (Lipinski definition) is 3. The second kappa shape index (κ2) is 13.2. The van der Waals surface area contributed by atoms with E-state index in [1.165, 1.54) is 0 Å². The van der Waals surface area contributed by atoms with E-state index < -0.39 is 6.04 Å². The molecule has 37 heavy (non-hydrogen) atoms. The van der Waals surface area contributed by atoms with E-state index in [0.29, 0.717) is 27.2 Å². The maximum absolute atomic E-state index is 13.7. The molecular formula is C29H29Cl3N2O3. The van der Waals surface area contributed by atoms with Gasteiger partial charge in [0.1, 0.15) is 11.8 Å². The van der Waals surface area contributed by atoms with Crippen molar-refractivity contribution in [2.45, 2.75) is 50.7 Å². The van der Waals surface area contributed by atoms with E-state index in [9.17, 15) is 9.59 Å². The maximum atomic E-state index is 13.7. The summed E-state index contributed by atoms with van der Waals surface area (Å²) in [7, 11) is 0. The van der Waals surface area contributed by atoms with Crippen molar-refractivity contribution < 1.29 is 14.3 Å². The topological polar surface area (TPSA) is 58.6 Å². The predicted octanol–water partition coefficient (Wildman–Crippen LogP) is 6.72. The van der Waals surface area contributed by atoms with E-state index >= 15 is 0 Å². The lowest BCUT2D eigenvalue weighted by Gasteiger charge is -2.32. The van der Waals surface area contributed by atoms with Gasteiger partial charge in [0, 0.05) is 24.0 Å². The summed E-state index contributed by atoms with van der Waals surface area (Å²) in [5.41, 5.74) is 1.72. The van der Waals surface area contributed by atoms with Crippen molar-refractivity contribution in [3.05, 3.63) is 99.0 Å². The first kappa shape index (κ1) is 27.3. The van der Waals surface area contributed by atoms with E-state index in [0.717, 1.165) is 36.8 Å². The molecule has 1 aliphatic carbocycles. The molecule has 5 nitrogen and oxygen atoms in total. The van der Waals surface area contributed by atoms with Crippen LogP contribution in [-0.2, 0) is 22.6 Å². The average molecular weight is 560 g/mol. The first-order valence-electron chi connectivity index (χ1n) is 12.3. The van der Waals surface area contributed by atoms with Crippen LogP contribution in [0.1, 0.15) is 36.8 Å². The van der Waals surface area contributed by atoms with Crippen molar-refractivity contribution in [2.24, 2.45) is 0 Å². The summed E-state index contributed by atoms with van der Waals surface area (Å²) in [4.78, 5) is 28.9. The van der Waals surface area contributed by atoms with Crippen LogP contribution >= 0.6 is 34.8 Å². The quantitative estimate of drug-likeness (QED) is 0.300. The number of nitrogens with one attached hydrogen (secondary N) is 1. The zero-order valence-electron chi connectivity index (χ0n) is 20.3. The highest BCUT2D eigenvalue weighted by Crippen LogP contribution is 2.25. The number of rotatable bonds is 10. The Bertz CT molecular complexity index is 1220. The third-order valence-electron chi connectivity index (χ3n) is 6.47. The molecule has 4 rings (SSSR count). The highest BCUT2D eigenvalue weighted by molar-refractivity contribution is 6.42. The first-order chi connectivity index (χ1) is 17.9. The molecule has 1 N–H and O–H groups in total.